The van der Waals surface area contributed by atoms with E-state index < -0.39 is 17.8 Å². The van der Waals surface area contributed by atoms with E-state index in [-0.39, 0.29) is 11.5 Å². The van der Waals surface area contributed by atoms with Crippen molar-refractivity contribution in [2.75, 3.05) is 0 Å². The van der Waals surface area contributed by atoms with Crippen molar-refractivity contribution in [1.82, 2.24) is 4.98 Å². The zero-order valence-corrected chi connectivity index (χ0v) is 21.9. The maximum atomic E-state index is 11.8. The molecule has 2 unspecified atom stereocenters. The fourth-order valence-electron chi connectivity index (χ4n) is 4.77. The van der Waals surface area contributed by atoms with Crippen molar-refractivity contribution in [1.29, 1.82) is 0 Å². The minimum Gasteiger partial charge on any atom is -0.388 e. The zero-order chi connectivity index (χ0) is 26.4. The van der Waals surface area contributed by atoms with Gasteiger partial charge < -0.3 is 9.84 Å². The Labute approximate surface area is 208 Å². The summed E-state index contributed by atoms with van der Waals surface area (Å²) < 4.78 is 41.4. The summed E-state index contributed by atoms with van der Waals surface area (Å²) in [4.78, 5) is 4.99. The van der Waals surface area contributed by atoms with E-state index in [0.717, 1.165) is 54.8 Å². The molecule has 2 aromatic rings. The first-order valence-corrected chi connectivity index (χ1v) is 12.5. The second-order valence-electron chi connectivity index (χ2n) is 9.99. The maximum Gasteiger partial charge on any atom is 0.416 e. The van der Waals surface area contributed by atoms with E-state index in [1.54, 1.807) is 6.07 Å². The van der Waals surface area contributed by atoms with Crippen LogP contribution in [0, 0.1) is 5.41 Å². The molecule has 35 heavy (non-hydrogen) atoms. The zero-order valence-electron chi connectivity index (χ0n) is 21.9. The van der Waals surface area contributed by atoms with Crippen LogP contribution in [0.2, 0.25) is 0 Å². The minimum atomic E-state index is -4.21. The van der Waals surface area contributed by atoms with E-state index in [0.29, 0.717) is 12.5 Å². The van der Waals surface area contributed by atoms with Crippen LogP contribution in [0.5, 0.6) is 0 Å². The number of halogens is 3. The van der Waals surface area contributed by atoms with E-state index in [4.69, 9.17) is 9.72 Å². The Morgan fingerprint density at radius 1 is 1.17 bits per heavy atom. The van der Waals surface area contributed by atoms with Gasteiger partial charge in [-0.05, 0) is 42.6 Å². The molecule has 2 atom stereocenters. The number of benzene rings is 1. The van der Waals surface area contributed by atoms with Crippen LogP contribution < -0.4 is 0 Å². The topological polar surface area (TPSA) is 42.4 Å². The summed E-state index contributed by atoms with van der Waals surface area (Å²) in [6.07, 6.45) is 0.973. The average Bonchev–Trinajstić information content (AvgIpc) is 3.21. The lowest BCUT2D eigenvalue weighted by Gasteiger charge is -2.36. The number of aliphatic hydroxyl groups is 1. The molecule has 4 rings (SSSR count). The summed E-state index contributed by atoms with van der Waals surface area (Å²) in [5.41, 5.74) is 5.27. The number of rotatable bonds is 4. The molecule has 0 radical (unpaired) electrons. The van der Waals surface area contributed by atoms with Gasteiger partial charge in [0.2, 0.25) is 0 Å². The van der Waals surface area contributed by atoms with Crippen LogP contribution in [0.3, 0.4) is 0 Å². The van der Waals surface area contributed by atoms with Crippen molar-refractivity contribution >= 4 is 0 Å². The fourth-order valence-corrected chi connectivity index (χ4v) is 4.77. The van der Waals surface area contributed by atoms with Crippen LogP contribution in [0.1, 0.15) is 113 Å². The third kappa shape index (κ3) is 7.17. The van der Waals surface area contributed by atoms with Crippen LogP contribution in [0.25, 0.3) is 0 Å². The molecule has 1 aromatic carbocycles. The number of fused-ring (bicyclic) bond motifs is 3. The third-order valence-corrected chi connectivity index (χ3v) is 6.25. The molecular formula is C29H40F3NO2. The van der Waals surface area contributed by atoms with E-state index in [1.807, 2.05) is 19.9 Å². The van der Waals surface area contributed by atoms with E-state index in [2.05, 4.69) is 34.3 Å². The van der Waals surface area contributed by atoms with Gasteiger partial charge in [0.1, 0.15) is 0 Å². The number of allylic oxidation sites excluding steroid dienone is 1. The first-order valence-electron chi connectivity index (χ1n) is 12.5. The number of aliphatic hydroxyl groups excluding tert-OH is 1. The summed E-state index contributed by atoms with van der Waals surface area (Å²) in [5, 5.41) is 10.8. The first-order chi connectivity index (χ1) is 16.4. The number of nitrogens with zero attached hydrogens (tertiary/aromatic N) is 1. The molecule has 1 aliphatic carbocycles. The van der Waals surface area contributed by atoms with Crippen molar-refractivity contribution in [3.63, 3.8) is 0 Å². The fraction of sp³-hybridized carbons (Fsp3) is 0.552. The quantitative estimate of drug-likeness (QED) is 0.436. The molecule has 3 nitrogen and oxygen atoms in total. The first kappa shape index (κ1) is 29.1. The van der Waals surface area contributed by atoms with Gasteiger partial charge in [-0.1, -0.05) is 78.0 Å². The van der Waals surface area contributed by atoms with E-state index >= 15 is 0 Å². The second-order valence-corrected chi connectivity index (χ2v) is 9.99. The van der Waals surface area contributed by atoms with Crippen LogP contribution in [0.4, 0.5) is 13.2 Å². The van der Waals surface area contributed by atoms with Gasteiger partial charge >= 0.3 is 6.18 Å². The van der Waals surface area contributed by atoms with Crippen LogP contribution in [-0.4, -0.2) is 10.1 Å². The molecule has 0 saturated carbocycles. The van der Waals surface area contributed by atoms with Crippen molar-refractivity contribution in [3.8, 4) is 0 Å². The second kappa shape index (κ2) is 12.2. The molecule has 2 aliphatic rings. The Morgan fingerprint density at radius 3 is 2.31 bits per heavy atom. The van der Waals surface area contributed by atoms with Gasteiger partial charge in [0.25, 0.3) is 0 Å². The molecule has 1 N–H and O–H groups in total. The molecule has 6 heteroatoms. The molecule has 0 amide bonds. The average molecular weight is 492 g/mol. The predicted octanol–water partition coefficient (Wildman–Crippen LogP) is 8.48. The standard InChI is InChI=1S/C20H29NO2.C7H5F3.C2H6/c1-6-7-8-16-17-13(11-23-16)19(12(2)3)21-14-9-20(4,5)10-15(22)18(14)17;8-7(9,10)6-4-2-1-3-5-6;1-2/h6,12,15-16,22H,1,7-11H2,2-5H3;1-5H;1-2H3. The Balaban J connectivity index is 0.000000302. The Bertz CT molecular complexity index is 968. The lowest BCUT2D eigenvalue weighted by molar-refractivity contribution is -0.137. The highest BCUT2D eigenvalue weighted by atomic mass is 19.4. The summed E-state index contributed by atoms with van der Waals surface area (Å²) in [6.45, 7) is 17.3. The van der Waals surface area contributed by atoms with E-state index in [1.165, 1.54) is 23.3 Å². The maximum absolute atomic E-state index is 11.8. The Morgan fingerprint density at radius 2 is 1.80 bits per heavy atom. The lowest BCUT2D eigenvalue weighted by Crippen LogP contribution is -2.29. The molecule has 194 valence electrons. The number of hydrogen-bond acceptors (Lipinski definition) is 3. The molecule has 0 bridgehead atoms. The van der Waals surface area contributed by atoms with Crippen molar-refractivity contribution < 1.29 is 23.0 Å². The van der Waals surface area contributed by atoms with Gasteiger partial charge in [-0.3, -0.25) is 4.98 Å². The Hall–Kier alpha value is -2.18. The molecule has 0 fully saturated rings. The molecule has 1 aromatic heterocycles. The van der Waals surface area contributed by atoms with Crippen LogP contribution in [0.15, 0.2) is 43.0 Å². The third-order valence-electron chi connectivity index (χ3n) is 6.25. The summed E-state index contributed by atoms with van der Waals surface area (Å²) in [6, 6.07) is 6.36. The van der Waals surface area contributed by atoms with Crippen molar-refractivity contribution in [2.45, 2.75) is 98.1 Å². The number of hydrogen-bond donors (Lipinski definition) is 1. The predicted molar refractivity (Wildman–Crippen MR) is 135 cm³/mol. The van der Waals surface area contributed by atoms with Gasteiger partial charge in [-0.15, -0.1) is 6.58 Å². The van der Waals surface area contributed by atoms with Gasteiger partial charge in [-0.2, -0.15) is 13.2 Å². The highest BCUT2D eigenvalue weighted by Crippen LogP contribution is 2.48. The van der Waals surface area contributed by atoms with Gasteiger partial charge in [0, 0.05) is 22.5 Å². The number of pyridine rings is 1. The Kier molecular flexibility index (Phi) is 10.1. The largest absolute Gasteiger partial charge is 0.416 e. The summed E-state index contributed by atoms with van der Waals surface area (Å²) >= 11 is 0. The summed E-state index contributed by atoms with van der Waals surface area (Å²) in [5.74, 6) is 0.373. The molecule has 0 saturated heterocycles. The van der Waals surface area contributed by atoms with Gasteiger partial charge in [0.15, 0.2) is 0 Å². The number of alkyl halides is 3. The lowest BCUT2D eigenvalue weighted by atomic mass is 9.72. The monoisotopic (exact) mass is 491 g/mol. The van der Waals surface area contributed by atoms with Crippen molar-refractivity contribution in [3.05, 3.63) is 76.6 Å². The van der Waals surface area contributed by atoms with Crippen molar-refractivity contribution in [2.24, 2.45) is 5.41 Å². The molecule has 1 aliphatic heterocycles. The van der Waals surface area contributed by atoms with Gasteiger partial charge in [0.05, 0.1) is 24.4 Å². The minimum absolute atomic E-state index is 0.0770. The number of ether oxygens (including phenoxy) is 1. The SMILES string of the molecule is C=CCCC1OCc2c(C(C)C)nc3c(c21)C(O)CC(C)(C)C3.CC.FC(F)(F)c1ccccc1. The van der Waals surface area contributed by atoms with Crippen LogP contribution in [-0.2, 0) is 23.9 Å². The molecule has 0 spiro atoms. The van der Waals surface area contributed by atoms with Crippen LogP contribution >= 0.6 is 0 Å². The van der Waals surface area contributed by atoms with E-state index in [9.17, 15) is 18.3 Å². The smallest absolute Gasteiger partial charge is 0.388 e. The normalized spacial score (nSPS) is 20.1. The summed E-state index contributed by atoms with van der Waals surface area (Å²) in [7, 11) is 0. The molecule has 2 heterocycles. The van der Waals surface area contributed by atoms with Gasteiger partial charge in [-0.25, -0.2) is 0 Å². The molecular weight excluding hydrogens is 451 g/mol. The highest BCUT2D eigenvalue weighted by molar-refractivity contribution is 5.47. The number of aromatic nitrogens is 1. The highest BCUT2D eigenvalue weighted by Gasteiger charge is 2.39.